The van der Waals surface area contributed by atoms with Gasteiger partial charge >= 0.3 is 0 Å². The Morgan fingerprint density at radius 3 is 2.90 bits per heavy atom. The molecule has 0 atom stereocenters. The molecule has 1 heterocycles. The first-order chi connectivity index (χ1) is 9.74. The Kier molecular flexibility index (Phi) is 5.49. The minimum Gasteiger partial charge on any atom is -0.484 e. The largest absolute Gasteiger partial charge is 0.484 e. The van der Waals surface area contributed by atoms with Gasteiger partial charge in [0.1, 0.15) is 6.61 Å². The molecule has 0 radical (unpaired) electrons. The van der Waals surface area contributed by atoms with Crippen LogP contribution in [-0.2, 0) is 19.6 Å². The summed E-state index contributed by atoms with van der Waals surface area (Å²) in [5, 5.41) is 6.22. The standard InChI is InChI=1S/C15H19FN2OS/c1-3-14-18-12(10-20-14)9-19-15-11(8-17-4-2)6-5-7-13(15)16/h5-7,10,17H,3-4,8-9H2,1-2H3. The second-order valence-corrected chi connectivity index (χ2v) is 5.33. The first kappa shape index (κ1) is 14.9. The van der Waals surface area contributed by atoms with Crippen LogP contribution in [0.25, 0.3) is 0 Å². The molecular weight excluding hydrogens is 275 g/mol. The van der Waals surface area contributed by atoms with E-state index >= 15 is 0 Å². The lowest BCUT2D eigenvalue weighted by Gasteiger charge is -2.11. The van der Waals surface area contributed by atoms with E-state index < -0.39 is 0 Å². The Labute approximate surface area is 122 Å². The molecule has 0 aliphatic carbocycles. The first-order valence-electron chi connectivity index (χ1n) is 6.78. The van der Waals surface area contributed by atoms with Crippen molar-refractivity contribution in [2.45, 2.75) is 33.4 Å². The van der Waals surface area contributed by atoms with Crippen molar-refractivity contribution in [3.63, 3.8) is 0 Å². The predicted molar refractivity (Wildman–Crippen MR) is 79.6 cm³/mol. The maximum atomic E-state index is 13.9. The summed E-state index contributed by atoms with van der Waals surface area (Å²) in [4.78, 5) is 4.42. The third-order valence-corrected chi connectivity index (χ3v) is 3.92. The molecule has 0 fully saturated rings. The smallest absolute Gasteiger partial charge is 0.165 e. The molecule has 5 heteroatoms. The molecule has 0 unspecified atom stereocenters. The van der Waals surface area contributed by atoms with E-state index in [0.29, 0.717) is 18.9 Å². The minimum atomic E-state index is -0.327. The van der Waals surface area contributed by atoms with E-state index in [2.05, 4.69) is 17.2 Å². The number of rotatable bonds is 7. The SMILES string of the molecule is CCNCc1cccc(F)c1OCc1csc(CC)n1. The zero-order chi connectivity index (χ0) is 14.4. The number of thiazole rings is 1. The molecule has 0 saturated carbocycles. The van der Waals surface area contributed by atoms with E-state index in [9.17, 15) is 4.39 Å². The van der Waals surface area contributed by atoms with Crippen LogP contribution >= 0.6 is 11.3 Å². The number of aromatic nitrogens is 1. The number of aryl methyl sites for hydroxylation is 1. The number of para-hydroxylation sites is 1. The number of nitrogens with one attached hydrogen (secondary N) is 1. The molecule has 1 N–H and O–H groups in total. The lowest BCUT2D eigenvalue weighted by Crippen LogP contribution is -2.13. The first-order valence-corrected chi connectivity index (χ1v) is 7.66. The number of ether oxygens (including phenoxy) is 1. The van der Waals surface area contributed by atoms with Gasteiger partial charge in [0.05, 0.1) is 10.7 Å². The van der Waals surface area contributed by atoms with Crippen LogP contribution in [0.3, 0.4) is 0 Å². The average molecular weight is 294 g/mol. The molecule has 3 nitrogen and oxygen atoms in total. The van der Waals surface area contributed by atoms with Crippen LogP contribution in [0.5, 0.6) is 5.75 Å². The van der Waals surface area contributed by atoms with Crippen molar-refractivity contribution in [3.05, 3.63) is 45.7 Å². The van der Waals surface area contributed by atoms with Crippen molar-refractivity contribution in [1.82, 2.24) is 10.3 Å². The van der Waals surface area contributed by atoms with E-state index in [4.69, 9.17) is 4.74 Å². The molecule has 0 spiro atoms. The molecule has 108 valence electrons. The normalized spacial score (nSPS) is 10.8. The minimum absolute atomic E-state index is 0.302. The number of benzene rings is 1. The van der Waals surface area contributed by atoms with Crippen LogP contribution in [0.15, 0.2) is 23.6 Å². The lowest BCUT2D eigenvalue weighted by atomic mass is 10.2. The van der Waals surface area contributed by atoms with Crippen LogP contribution in [0.2, 0.25) is 0 Å². The van der Waals surface area contributed by atoms with Gasteiger partial charge < -0.3 is 10.1 Å². The second-order valence-electron chi connectivity index (χ2n) is 4.38. The summed E-state index contributed by atoms with van der Waals surface area (Å²) in [6.45, 7) is 5.82. The maximum Gasteiger partial charge on any atom is 0.165 e. The Balaban J connectivity index is 2.07. The molecule has 0 aliphatic rings. The van der Waals surface area contributed by atoms with Crippen LogP contribution in [-0.4, -0.2) is 11.5 Å². The number of hydrogen-bond donors (Lipinski definition) is 1. The van der Waals surface area contributed by atoms with Gasteiger partial charge in [0.2, 0.25) is 0 Å². The fourth-order valence-electron chi connectivity index (χ4n) is 1.84. The Bertz CT molecular complexity index is 557. The van der Waals surface area contributed by atoms with Gasteiger partial charge in [-0.1, -0.05) is 26.0 Å². The van der Waals surface area contributed by atoms with E-state index in [1.165, 1.54) is 6.07 Å². The third-order valence-electron chi connectivity index (χ3n) is 2.88. The highest BCUT2D eigenvalue weighted by molar-refractivity contribution is 7.09. The van der Waals surface area contributed by atoms with Gasteiger partial charge in [-0.25, -0.2) is 9.37 Å². The van der Waals surface area contributed by atoms with Crippen LogP contribution < -0.4 is 10.1 Å². The zero-order valence-corrected chi connectivity index (χ0v) is 12.6. The van der Waals surface area contributed by atoms with Gasteiger partial charge in [-0.2, -0.15) is 0 Å². The third kappa shape index (κ3) is 3.77. The zero-order valence-electron chi connectivity index (χ0n) is 11.8. The van der Waals surface area contributed by atoms with Crippen molar-refractivity contribution >= 4 is 11.3 Å². The van der Waals surface area contributed by atoms with E-state index in [1.54, 1.807) is 17.4 Å². The summed E-state index contributed by atoms with van der Waals surface area (Å²) in [5.41, 5.74) is 1.68. The molecule has 0 bridgehead atoms. The van der Waals surface area contributed by atoms with Crippen molar-refractivity contribution in [2.75, 3.05) is 6.54 Å². The predicted octanol–water partition coefficient (Wildman–Crippen LogP) is 3.53. The molecule has 0 saturated heterocycles. The number of hydrogen-bond acceptors (Lipinski definition) is 4. The van der Waals surface area contributed by atoms with Crippen molar-refractivity contribution in [2.24, 2.45) is 0 Å². The molecule has 1 aromatic heterocycles. The Morgan fingerprint density at radius 1 is 1.35 bits per heavy atom. The van der Waals surface area contributed by atoms with Crippen LogP contribution in [0.4, 0.5) is 4.39 Å². The maximum absolute atomic E-state index is 13.9. The monoisotopic (exact) mass is 294 g/mol. The van der Waals surface area contributed by atoms with Gasteiger partial charge in [0, 0.05) is 17.5 Å². The number of nitrogens with zero attached hydrogens (tertiary/aromatic N) is 1. The summed E-state index contributed by atoms with van der Waals surface area (Å²) in [7, 11) is 0. The summed E-state index contributed by atoms with van der Waals surface area (Å²) in [6, 6.07) is 5.00. The van der Waals surface area contributed by atoms with Crippen molar-refractivity contribution in [3.8, 4) is 5.75 Å². The van der Waals surface area contributed by atoms with E-state index in [0.717, 1.165) is 29.2 Å². The highest BCUT2D eigenvalue weighted by Crippen LogP contribution is 2.24. The fraction of sp³-hybridized carbons (Fsp3) is 0.400. The molecule has 1 aromatic carbocycles. The van der Waals surface area contributed by atoms with Gasteiger partial charge in [-0.15, -0.1) is 11.3 Å². The molecule has 0 aliphatic heterocycles. The summed E-state index contributed by atoms with van der Waals surface area (Å²) in [5.74, 6) is -0.00848. The highest BCUT2D eigenvalue weighted by Gasteiger charge is 2.10. The summed E-state index contributed by atoms with van der Waals surface area (Å²) < 4.78 is 19.5. The van der Waals surface area contributed by atoms with Crippen LogP contribution in [0, 0.1) is 5.82 Å². The number of halogens is 1. The van der Waals surface area contributed by atoms with E-state index in [-0.39, 0.29) is 5.82 Å². The molecular formula is C15H19FN2OS. The molecule has 20 heavy (non-hydrogen) atoms. The van der Waals surface area contributed by atoms with Crippen LogP contribution in [0.1, 0.15) is 30.1 Å². The van der Waals surface area contributed by atoms with Crippen molar-refractivity contribution < 1.29 is 9.13 Å². The van der Waals surface area contributed by atoms with Gasteiger partial charge in [-0.05, 0) is 19.0 Å². The highest BCUT2D eigenvalue weighted by atomic mass is 32.1. The van der Waals surface area contributed by atoms with E-state index in [1.807, 2.05) is 18.4 Å². The topological polar surface area (TPSA) is 34.1 Å². The second kappa shape index (κ2) is 7.36. The van der Waals surface area contributed by atoms with Gasteiger partial charge in [-0.3, -0.25) is 0 Å². The van der Waals surface area contributed by atoms with Gasteiger partial charge in [0.25, 0.3) is 0 Å². The molecule has 2 rings (SSSR count). The van der Waals surface area contributed by atoms with Crippen molar-refractivity contribution in [1.29, 1.82) is 0 Å². The Morgan fingerprint density at radius 2 is 2.20 bits per heavy atom. The summed E-state index contributed by atoms with van der Waals surface area (Å²) >= 11 is 1.61. The lowest BCUT2D eigenvalue weighted by molar-refractivity contribution is 0.282. The fourth-order valence-corrected chi connectivity index (χ4v) is 2.57. The Hall–Kier alpha value is -1.46. The molecule has 0 amide bonds. The average Bonchev–Trinajstić information content (AvgIpc) is 2.92. The van der Waals surface area contributed by atoms with Gasteiger partial charge in [0.15, 0.2) is 11.6 Å². The quantitative estimate of drug-likeness (QED) is 0.848. The molecule has 2 aromatic rings. The summed E-state index contributed by atoms with van der Waals surface area (Å²) in [6.07, 6.45) is 0.913.